The molecule has 110 valence electrons. The molecule has 1 heterocycles. The second-order valence-electron chi connectivity index (χ2n) is 5.20. The summed E-state index contributed by atoms with van der Waals surface area (Å²) in [5.74, 6) is -1.36. The summed E-state index contributed by atoms with van der Waals surface area (Å²) in [6, 6.07) is 0. The molecule has 20 heavy (non-hydrogen) atoms. The van der Waals surface area contributed by atoms with Gasteiger partial charge in [-0.1, -0.05) is 13.3 Å². The number of aliphatic carboxylic acids is 1. The van der Waals surface area contributed by atoms with Gasteiger partial charge >= 0.3 is 5.97 Å². The molecule has 2 atom stereocenters. The van der Waals surface area contributed by atoms with Crippen molar-refractivity contribution in [1.82, 2.24) is 10.3 Å². The SMILES string of the molecule is CCc1nc(CNC(=O)C2CCCC(C(=O)O)C2)cs1. The highest BCUT2D eigenvalue weighted by Crippen LogP contribution is 2.29. The van der Waals surface area contributed by atoms with Gasteiger partial charge in [-0.05, 0) is 25.7 Å². The molecule has 1 fully saturated rings. The van der Waals surface area contributed by atoms with Crippen LogP contribution in [-0.4, -0.2) is 22.0 Å². The fourth-order valence-corrected chi connectivity index (χ4v) is 3.31. The minimum Gasteiger partial charge on any atom is -0.481 e. The number of rotatable bonds is 5. The number of hydrogen-bond donors (Lipinski definition) is 2. The summed E-state index contributed by atoms with van der Waals surface area (Å²) >= 11 is 1.60. The first-order valence-corrected chi connectivity index (χ1v) is 7.92. The van der Waals surface area contributed by atoms with Gasteiger partial charge in [0.05, 0.1) is 23.2 Å². The van der Waals surface area contributed by atoms with Gasteiger partial charge < -0.3 is 10.4 Å². The van der Waals surface area contributed by atoms with Crippen molar-refractivity contribution in [1.29, 1.82) is 0 Å². The molecule has 0 bridgehead atoms. The van der Waals surface area contributed by atoms with Crippen molar-refractivity contribution in [2.24, 2.45) is 11.8 Å². The number of aromatic nitrogens is 1. The zero-order valence-corrected chi connectivity index (χ0v) is 12.4. The van der Waals surface area contributed by atoms with Crippen LogP contribution in [0.1, 0.15) is 43.3 Å². The zero-order chi connectivity index (χ0) is 14.5. The number of nitrogens with zero attached hydrogens (tertiary/aromatic N) is 1. The van der Waals surface area contributed by atoms with Crippen LogP contribution >= 0.6 is 11.3 Å². The molecule has 0 aliphatic heterocycles. The highest BCUT2D eigenvalue weighted by atomic mass is 32.1. The van der Waals surface area contributed by atoms with Crippen molar-refractivity contribution in [2.75, 3.05) is 0 Å². The van der Waals surface area contributed by atoms with E-state index in [4.69, 9.17) is 5.11 Å². The number of carbonyl (C=O) groups excluding carboxylic acids is 1. The van der Waals surface area contributed by atoms with E-state index in [1.54, 1.807) is 11.3 Å². The molecule has 2 N–H and O–H groups in total. The molecule has 1 aromatic rings. The van der Waals surface area contributed by atoms with Crippen LogP contribution in [-0.2, 0) is 22.6 Å². The summed E-state index contributed by atoms with van der Waals surface area (Å²) in [6.45, 7) is 2.48. The van der Waals surface area contributed by atoms with E-state index in [9.17, 15) is 9.59 Å². The lowest BCUT2D eigenvalue weighted by atomic mass is 9.81. The molecule has 6 heteroatoms. The Morgan fingerprint density at radius 1 is 1.45 bits per heavy atom. The van der Waals surface area contributed by atoms with E-state index >= 15 is 0 Å². The molecule has 2 unspecified atom stereocenters. The number of nitrogens with one attached hydrogen (secondary N) is 1. The Labute approximate surface area is 122 Å². The van der Waals surface area contributed by atoms with Gasteiger partial charge in [0.2, 0.25) is 5.91 Å². The number of carbonyl (C=O) groups is 2. The topological polar surface area (TPSA) is 79.3 Å². The molecule has 0 aromatic carbocycles. The van der Waals surface area contributed by atoms with E-state index in [0.717, 1.165) is 30.0 Å². The molecule has 2 rings (SSSR count). The third-order valence-corrected chi connectivity index (χ3v) is 4.78. The molecule has 0 radical (unpaired) electrons. The molecular weight excluding hydrogens is 276 g/mol. The van der Waals surface area contributed by atoms with Gasteiger partial charge in [0.15, 0.2) is 0 Å². The predicted octanol–water partition coefficient (Wildman–Crippen LogP) is 2.21. The van der Waals surface area contributed by atoms with Gasteiger partial charge in [0, 0.05) is 11.3 Å². The first kappa shape index (κ1) is 15.0. The summed E-state index contributed by atoms with van der Waals surface area (Å²) in [5.41, 5.74) is 0.880. The lowest BCUT2D eigenvalue weighted by Crippen LogP contribution is -2.35. The largest absolute Gasteiger partial charge is 0.481 e. The quantitative estimate of drug-likeness (QED) is 0.873. The smallest absolute Gasteiger partial charge is 0.306 e. The maximum atomic E-state index is 12.1. The van der Waals surface area contributed by atoms with Crippen LogP contribution in [0, 0.1) is 11.8 Å². The van der Waals surface area contributed by atoms with Crippen molar-refractivity contribution in [2.45, 2.75) is 45.6 Å². The summed E-state index contributed by atoms with van der Waals surface area (Å²) in [5, 5.41) is 14.9. The second-order valence-corrected chi connectivity index (χ2v) is 6.15. The molecule has 1 amide bonds. The van der Waals surface area contributed by atoms with E-state index in [-0.39, 0.29) is 17.7 Å². The highest BCUT2D eigenvalue weighted by Gasteiger charge is 2.30. The van der Waals surface area contributed by atoms with Gasteiger partial charge in [-0.3, -0.25) is 9.59 Å². The summed E-state index contributed by atoms with van der Waals surface area (Å²) in [4.78, 5) is 27.5. The molecule has 1 aliphatic rings. The van der Waals surface area contributed by atoms with Gasteiger partial charge in [0.25, 0.3) is 0 Å². The minimum absolute atomic E-state index is 0.0398. The molecule has 1 aromatic heterocycles. The predicted molar refractivity (Wildman–Crippen MR) is 76.4 cm³/mol. The number of carboxylic acid groups (broad SMARTS) is 1. The Morgan fingerprint density at radius 2 is 2.20 bits per heavy atom. The Hall–Kier alpha value is -1.43. The molecule has 1 aliphatic carbocycles. The third kappa shape index (κ3) is 3.79. The Kier molecular flexibility index (Phi) is 5.11. The number of aryl methyl sites for hydroxylation is 1. The fraction of sp³-hybridized carbons (Fsp3) is 0.643. The van der Waals surface area contributed by atoms with Gasteiger partial charge in [0.1, 0.15) is 0 Å². The van der Waals surface area contributed by atoms with Crippen LogP contribution < -0.4 is 5.32 Å². The third-order valence-electron chi connectivity index (χ3n) is 3.74. The number of hydrogen-bond acceptors (Lipinski definition) is 4. The first-order valence-electron chi connectivity index (χ1n) is 7.04. The summed E-state index contributed by atoms with van der Waals surface area (Å²) in [7, 11) is 0. The zero-order valence-electron chi connectivity index (χ0n) is 11.6. The van der Waals surface area contributed by atoms with Crippen LogP contribution in [0.3, 0.4) is 0 Å². The number of thiazole rings is 1. The maximum absolute atomic E-state index is 12.1. The standard InChI is InChI=1S/C14H20N2O3S/c1-2-12-16-11(8-20-12)7-15-13(17)9-4-3-5-10(6-9)14(18)19/h8-10H,2-7H2,1H3,(H,15,17)(H,18,19). The van der Waals surface area contributed by atoms with E-state index in [1.807, 2.05) is 5.38 Å². The average Bonchev–Trinajstić information content (AvgIpc) is 2.93. The van der Waals surface area contributed by atoms with Crippen molar-refractivity contribution < 1.29 is 14.7 Å². The van der Waals surface area contributed by atoms with Crippen LogP contribution in [0.15, 0.2) is 5.38 Å². The van der Waals surface area contributed by atoms with Crippen LogP contribution in [0.4, 0.5) is 0 Å². The van der Waals surface area contributed by atoms with Crippen LogP contribution in [0.2, 0.25) is 0 Å². The van der Waals surface area contributed by atoms with E-state index in [0.29, 0.717) is 19.4 Å². The Bertz CT molecular complexity index is 487. The lowest BCUT2D eigenvalue weighted by Gasteiger charge is -2.25. The normalized spacial score (nSPS) is 22.4. The van der Waals surface area contributed by atoms with Gasteiger partial charge in [-0.15, -0.1) is 11.3 Å². The Morgan fingerprint density at radius 3 is 2.85 bits per heavy atom. The average molecular weight is 296 g/mol. The van der Waals surface area contributed by atoms with Crippen molar-refractivity contribution in [3.05, 3.63) is 16.1 Å². The van der Waals surface area contributed by atoms with E-state index in [1.165, 1.54) is 0 Å². The number of amides is 1. The van der Waals surface area contributed by atoms with Gasteiger partial charge in [-0.2, -0.15) is 0 Å². The molecule has 0 spiro atoms. The van der Waals surface area contributed by atoms with Gasteiger partial charge in [-0.25, -0.2) is 4.98 Å². The Balaban J connectivity index is 1.83. The van der Waals surface area contributed by atoms with E-state index in [2.05, 4.69) is 17.2 Å². The molecule has 1 saturated carbocycles. The minimum atomic E-state index is -0.783. The van der Waals surface area contributed by atoms with Crippen LogP contribution in [0.25, 0.3) is 0 Å². The molecule has 5 nitrogen and oxygen atoms in total. The van der Waals surface area contributed by atoms with Crippen molar-refractivity contribution >= 4 is 23.2 Å². The molecule has 0 saturated heterocycles. The highest BCUT2D eigenvalue weighted by molar-refractivity contribution is 7.09. The number of carboxylic acids is 1. The first-order chi connectivity index (χ1) is 9.60. The van der Waals surface area contributed by atoms with Crippen molar-refractivity contribution in [3.63, 3.8) is 0 Å². The maximum Gasteiger partial charge on any atom is 0.306 e. The molecular formula is C14H20N2O3S. The van der Waals surface area contributed by atoms with E-state index < -0.39 is 5.97 Å². The monoisotopic (exact) mass is 296 g/mol. The lowest BCUT2D eigenvalue weighted by molar-refractivity contribution is -0.144. The van der Waals surface area contributed by atoms with Crippen LogP contribution in [0.5, 0.6) is 0 Å². The summed E-state index contributed by atoms with van der Waals surface area (Å²) < 4.78 is 0. The fourth-order valence-electron chi connectivity index (χ4n) is 2.57. The van der Waals surface area contributed by atoms with Crippen molar-refractivity contribution in [3.8, 4) is 0 Å². The summed E-state index contributed by atoms with van der Waals surface area (Å²) in [6.07, 6.45) is 3.64. The second kappa shape index (κ2) is 6.83.